The predicted molar refractivity (Wildman–Crippen MR) is 52.6 cm³/mol. The molecule has 0 nitrogen and oxygen atoms in total. The Morgan fingerprint density at radius 1 is 1.42 bits per heavy atom. The van der Waals surface area contributed by atoms with Gasteiger partial charge >= 0.3 is 0 Å². The minimum atomic E-state index is -0.105. The van der Waals surface area contributed by atoms with Gasteiger partial charge in [0.2, 0.25) is 0 Å². The zero-order valence-corrected chi connectivity index (χ0v) is 8.86. The Bertz CT molecular complexity index is 269. The lowest BCUT2D eigenvalue weighted by Gasteiger charge is -2.06. The van der Waals surface area contributed by atoms with Crippen LogP contribution in [0.5, 0.6) is 0 Å². The maximum Gasteiger partial charge on any atom is 0.126 e. The average molecular weight is 231 g/mol. The Morgan fingerprint density at radius 2 is 2.08 bits per heavy atom. The summed E-state index contributed by atoms with van der Waals surface area (Å²) in [4.78, 5) is 0. The van der Waals surface area contributed by atoms with E-state index in [9.17, 15) is 4.39 Å². The van der Waals surface area contributed by atoms with Crippen molar-refractivity contribution in [3.63, 3.8) is 0 Å². The number of hydrogen-bond acceptors (Lipinski definition) is 0. The van der Waals surface area contributed by atoms with Crippen molar-refractivity contribution in [2.75, 3.05) is 0 Å². The topological polar surface area (TPSA) is 0 Å². The lowest BCUT2D eigenvalue weighted by Crippen LogP contribution is -1.97. The summed E-state index contributed by atoms with van der Waals surface area (Å²) in [7, 11) is 0. The highest BCUT2D eigenvalue weighted by Crippen LogP contribution is 2.18. The zero-order chi connectivity index (χ0) is 9.14. The van der Waals surface area contributed by atoms with Crippen LogP contribution in [0, 0.1) is 11.7 Å². The molecule has 0 spiro atoms. The largest absolute Gasteiger partial charge is 0.207 e. The Morgan fingerprint density at radius 3 is 2.67 bits per heavy atom. The molecule has 1 rings (SSSR count). The standard InChI is InChI=1S/C10H12BrF/c1-7(2)5-8-6-9(11)3-4-10(8)12/h3-4,6-7H,5H2,1-2H3. The predicted octanol–water partition coefficient (Wildman–Crippen LogP) is 3.79. The Balaban J connectivity index is 2.90. The second-order valence-corrected chi connectivity index (χ2v) is 4.25. The van der Waals surface area contributed by atoms with Crippen LogP contribution in [0.2, 0.25) is 0 Å². The van der Waals surface area contributed by atoms with E-state index < -0.39 is 0 Å². The first-order valence-electron chi connectivity index (χ1n) is 4.03. The van der Waals surface area contributed by atoms with Crippen molar-refractivity contribution in [2.45, 2.75) is 20.3 Å². The SMILES string of the molecule is CC(C)Cc1cc(Br)ccc1F. The monoisotopic (exact) mass is 230 g/mol. The van der Waals surface area contributed by atoms with Crippen LogP contribution in [-0.2, 0) is 6.42 Å². The van der Waals surface area contributed by atoms with Gasteiger partial charge in [-0.15, -0.1) is 0 Å². The molecule has 0 atom stereocenters. The van der Waals surface area contributed by atoms with Crippen molar-refractivity contribution >= 4 is 15.9 Å². The van der Waals surface area contributed by atoms with Crippen LogP contribution in [-0.4, -0.2) is 0 Å². The average Bonchev–Trinajstić information content (AvgIpc) is 1.96. The van der Waals surface area contributed by atoms with Gasteiger partial charge in [0.1, 0.15) is 5.82 Å². The molecule has 0 bridgehead atoms. The molecule has 0 unspecified atom stereocenters. The molecule has 0 amide bonds. The summed E-state index contributed by atoms with van der Waals surface area (Å²) < 4.78 is 14.1. The van der Waals surface area contributed by atoms with E-state index in [1.165, 1.54) is 6.07 Å². The van der Waals surface area contributed by atoms with Crippen LogP contribution in [0.3, 0.4) is 0 Å². The molecule has 1 aromatic rings. The number of rotatable bonds is 2. The maximum atomic E-state index is 13.1. The first-order chi connectivity index (χ1) is 5.59. The van der Waals surface area contributed by atoms with Gasteiger partial charge in [-0.05, 0) is 36.1 Å². The van der Waals surface area contributed by atoms with Gasteiger partial charge in [-0.25, -0.2) is 4.39 Å². The summed E-state index contributed by atoms with van der Waals surface area (Å²) in [6.45, 7) is 4.17. The molecule has 0 aliphatic rings. The summed E-state index contributed by atoms with van der Waals surface area (Å²) in [5.74, 6) is 0.390. The van der Waals surface area contributed by atoms with Gasteiger partial charge in [-0.2, -0.15) is 0 Å². The minimum absolute atomic E-state index is 0.105. The van der Waals surface area contributed by atoms with E-state index in [1.807, 2.05) is 6.07 Å². The highest BCUT2D eigenvalue weighted by atomic mass is 79.9. The molecule has 2 heteroatoms. The summed E-state index contributed by atoms with van der Waals surface area (Å²) in [6.07, 6.45) is 0.797. The third-order valence-corrected chi connectivity index (χ3v) is 2.13. The van der Waals surface area contributed by atoms with E-state index in [4.69, 9.17) is 0 Å². The zero-order valence-electron chi connectivity index (χ0n) is 7.27. The van der Waals surface area contributed by atoms with Crippen LogP contribution in [0.4, 0.5) is 4.39 Å². The first kappa shape index (κ1) is 9.72. The molecule has 0 saturated carbocycles. The number of benzene rings is 1. The molecule has 66 valence electrons. The van der Waals surface area contributed by atoms with E-state index in [0.717, 1.165) is 16.5 Å². The van der Waals surface area contributed by atoms with E-state index in [1.54, 1.807) is 6.07 Å². The fourth-order valence-corrected chi connectivity index (χ4v) is 1.55. The van der Waals surface area contributed by atoms with Crippen molar-refractivity contribution in [2.24, 2.45) is 5.92 Å². The molecule has 0 N–H and O–H groups in total. The smallest absolute Gasteiger partial charge is 0.126 e. The van der Waals surface area contributed by atoms with E-state index in [0.29, 0.717) is 5.92 Å². The van der Waals surface area contributed by atoms with Gasteiger partial charge in [-0.3, -0.25) is 0 Å². The molecule has 12 heavy (non-hydrogen) atoms. The van der Waals surface area contributed by atoms with Crippen LogP contribution >= 0.6 is 15.9 Å². The fourth-order valence-electron chi connectivity index (χ4n) is 1.14. The normalized spacial score (nSPS) is 10.8. The minimum Gasteiger partial charge on any atom is -0.207 e. The van der Waals surface area contributed by atoms with Gasteiger partial charge in [0.15, 0.2) is 0 Å². The van der Waals surface area contributed by atoms with Crippen LogP contribution in [0.1, 0.15) is 19.4 Å². The van der Waals surface area contributed by atoms with Gasteiger partial charge in [-0.1, -0.05) is 29.8 Å². The molecule has 0 aromatic heterocycles. The Hall–Kier alpha value is -0.370. The first-order valence-corrected chi connectivity index (χ1v) is 4.83. The van der Waals surface area contributed by atoms with E-state index in [2.05, 4.69) is 29.8 Å². The second-order valence-electron chi connectivity index (χ2n) is 3.33. The third-order valence-electron chi connectivity index (χ3n) is 1.64. The van der Waals surface area contributed by atoms with Crippen molar-refractivity contribution in [3.05, 3.63) is 34.1 Å². The number of halogens is 2. The Labute approximate surface area is 80.9 Å². The van der Waals surface area contributed by atoms with Crippen molar-refractivity contribution in [1.82, 2.24) is 0 Å². The lowest BCUT2D eigenvalue weighted by atomic mass is 10.0. The van der Waals surface area contributed by atoms with E-state index in [-0.39, 0.29) is 5.82 Å². The van der Waals surface area contributed by atoms with Gasteiger partial charge in [0.05, 0.1) is 0 Å². The molecule has 0 radical (unpaired) electrons. The fraction of sp³-hybridized carbons (Fsp3) is 0.400. The lowest BCUT2D eigenvalue weighted by molar-refractivity contribution is 0.573. The molecule has 0 saturated heterocycles. The second kappa shape index (κ2) is 4.04. The number of hydrogen-bond donors (Lipinski definition) is 0. The van der Waals surface area contributed by atoms with Crippen LogP contribution in [0.25, 0.3) is 0 Å². The molecular formula is C10H12BrF. The highest BCUT2D eigenvalue weighted by Gasteiger charge is 2.04. The van der Waals surface area contributed by atoms with Gasteiger partial charge in [0.25, 0.3) is 0 Å². The van der Waals surface area contributed by atoms with Crippen molar-refractivity contribution < 1.29 is 4.39 Å². The van der Waals surface area contributed by atoms with E-state index >= 15 is 0 Å². The van der Waals surface area contributed by atoms with Crippen LogP contribution < -0.4 is 0 Å². The maximum absolute atomic E-state index is 13.1. The van der Waals surface area contributed by atoms with Gasteiger partial charge in [0, 0.05) is 4.47 Å². The molecule has 0 aliphatic heterocycles. The molecule has 0 fully saturated rings. The summed E-state index contributed by atoms with van der Waals surface area (Å²) >= 11 is 3.32. The van der Waals surface area contributed by atoms with Crippen molar-refractivity contribution in [1.29, 1.82) is 0 Å². The summed E-state index contributed by atoms with van der Waals surface area (Å²) in [5, 5.41) is 0. The summed E-state index contributed by atoms with van der Waals surface area (Å²) in [6, 6.07) is 5.07. The highest BCUT2D eigenvalue weighted by molar-refractivity contribution is 9.10. The van der Waals surface area contributed by atoms with Crippen LogP contribution in [0.15, 0.2) is 22.7 Å². The molecular weight excluding hydrogens is 219 g/mol. The molecule has 1 aromatic carbocycles. The quantitative estimate of drug-likeness (QED) is 0.726. The van der Waals surface area contributed by atoms with Crippen molar-refractivity contribution in [3.8, 4) is 0 Å². The third kappa shape index (κ3) is 2.59. The molecule has 0 aliphatic carbocycles. The Kier molecular flexibility index (Phi) is 3.27. The molecule has 0 heterocycles. The van der Waals surface area contributed by atoms with Gasteiger partial charge < -0.3 is 0 Å². The summed E-state index contributed by atoms with van der Waals surface area (Å²) in [5.41, 5.74) is 0.791.